The van der Waals surface area contributed by atoms with Crippen molar-refractivity contribution in [1.82, 2.24) is 4.98 Å². The Balaban J connectivity index is 1.84. The van der Waals surface area contributed by atoms with Crippen LogP contribution in [0.15, 0.2) is 80.7 Å². The fourth-order valence-electron chi connectivity index (χ4n) is 3.26. The third kappa shape index (κ3) is 4.37. The number of carbonyl (C=O) groups is 1. The second-order valence-electron chi connectivity index (χ2n) is 6.95. The number of sulfonamides is 1. The number of hydrogen-bond donors (Lipinski definition) is 0. The van der Waals surface area contributed by atoms with E-state index >= 15 is 0 Å². The number of para-hydroxylation sites is 1. The number of carbonyl (C=O) groups excluding carboxylic acids is 1. The van der Waals surface area contributed by atoms with Crippen molar-refractivity contribution in [2.24, 2.45) is 0 Å². The molecule has 0 amide bonds. The Bertz CT molecular complexity index is 1400. The number of anilines is 1. The van der Waals surface area contributed by atoms with E-state index in [-0.39, 0.29) is 33.6 Å². The van der Waals surface area contributed by atoms with Crippen LogP contribution in [0.2, 0.25) is 5.02 Å². The van der Waals surface area contributed by atoms with Crippen LogP contribution in [0.25, 0.3) is 11.7 Å². The monoisotopic (exact) mass is 486 g/mol. The van der Waals surface area contributed by atoms with Gasteiger partial charge in [0.2, 0.25) is 0 Å². The Labute approximate surface area is 195 Å². The van der Waals surface area contributed by atoms with Gasteiger partial charge in [0.1, 0.15) is 16.3 Å². The number of furan rings is 1. The molecule has 0 unspecified atom stereocenters. The number of aryl methyl sites for hydroxylation is 1. The number of aromatic nitrogens is 1. The summed E-state index contributed by atoms with van der Waals surface area (Å²) in [4.78, 5) is 16.5. The van der Waals surface area contributed by atoms with Crippen LogP contribution in [0.4, 0.5) is 5.69 Å². The van der Waals surface area contributed by atoms with E-state index in [0.29, 0.717) is 17.2 Å². The zero-order chi connectivity index (χ0) is 23.6. The van der Waals surface area contributed by atoms with E-state index in [4.69, 9.17) is 25.2 Å². The van der Waals surface area contributed by atoms with Gasteiger partial charge in [0, 0.05) is 0 Å². The third-order valence-electron chi connectivity index (χ3n) is 4.90. The zero-order valence-corrected chi connectivity index (χ0v) is 19.3. The topological polar surface area (TPSA) is 103 Å². The van der Waals surface area contributed by atoms with E-state index in [1.165, 1.54) is 31.6 Å². The lowest BCUT2D eigenvalue weighted by atomic mass is 10.2. The molecule has 2 aromatic carbocycles. The van der Waals surface area contributed by atoms with Gasteiger partial charge in [-0.05, 0) is 43.3 Å². The van der Waals surface area contributed by atoms with Crippen LogP contribution in [0.1, 0.15) is 21.8 Å². The number of methoxy groups -OCH3 is 1. The van der Waals surface area contributed by atoms with Gasteiger partial charge in [0.25, 0.3) is 15.9 Å². The van der Waals surface area contributed by atoms with Crippen molar-refractivity contribution in [2.75, 3.05) is 11.4 Å². The second kappa shape index (κ2) is 9.13. The molecule has 0 radical (unpaired) electrons. The minimum Gasteiger partial charge on any atom is -0.465 e. The predicted molar refractivity (Wildman–Crippen MR) is 122 cm³/mol. The number of esters is 1. The highest BCUT2D eigenvalue weighted by Gasteiger charge is 2.32. The first-order chi connectivity index (χ1) is 15.8. The van der Waals surface area contributed by atoms with Crippen molar-refractivity contribution >= 4 is 33.3 Å². The SMILES string of the molecule is COC(=O)c1ccccc1S(=O)(=O)N(Cc1nc(-c2ccco2)oc1C)c1ccccc1Cl. The summed E-state index contributed by atoms with van der Waals surface area (Å²) in [6.45, 7) is 1.48. The molecule has 0 aliphatic carbocycles. The molecular formula is C23H19ClN2O6S. The van der Waals surface area contributed by atoms with Crippen LogP contribution in [0.3, 0.4) is 0 Å². The van der Waals surface area contributed by atoms with Gasteiger partial charge in [-0.15, -0.1) is 0 Å². The van der Waals surface area contributed by atoms with Crippen molar-refractivity contribution in [3.63, 3.8) is 0 Å². The minimum absolute atomic E-state index is 0.0924. The van der Waals surface area contributed by atoms with Gasteiger partial charge in [0.05, 0.1) is 36.2 Å². The first kappa shape index (κ1) is 22.6. The van der Waals surface area contributed by atoms with E-state index in [2.05, 4.69) is 4.98 Å². The normalized spacial score (nSPS) is 11.4. The second-order valence-corrected chi connectivity index (χ2v) is 9.19. The van der Waals surface area contributed by atoms with Gasteiger partial charge in [0.15, 0.2) is 5.76 Å². The third-order valence-corrected chi connectivity index (χ3v) is 7.04. The highest BCUT2D eigenvalue weighted by atomic mass is 35.5. The number of benzene rings is 2. The van der Waals surface area contributed by atoms with E-state index < -0.39 is 16.0 Å². The van der Waals surface area contributed by atoms with E-state index in [1.54, 1.807) is 49.4 Å². The molecule has 0 aliphatic rings. The summed E-state index contributed by atoms with van der Waals surface area (Å²) in [5.74, 6) is 0.271. The first-order valence-electron chi connectivity index (χ1n) is 9.77. The average Bonchev–Trinajstić information content (AvgIpc) is 3.47. The maximum atomic E-state index is 13.9. The molecule has 0 spiro atoms. The molecule has 2 heterocycles. The smallest absolute Gasteiger partial charge is 0.339 e. The predicted octanol–water partition coefficient (Wildman–Crippen LogP) is 5.08. The lowest BCUT2D eigenvalue weighted by molar-refractivity contribution is 0.0596. The van der Waals surface area contributed by atoms with Crippen molar-refractivity contribution in [2.45, 2.75) is 18.4 Å². The highest BCUT2D eigenvalue weighted by molar-refractivity contribution is 7.92. The molecule has 8 nitrogen and oxygen atoms in total. The van der Waals surface area contributed by atoms with Gasteiger partial charge in [-0.2, -0.15) is 0 Å². The van der Waals surface area contributed by atoms with Gasteiger partial charge < -0.3 is 13.6 Å². The first-order valence-corrected chi connectivity index (χ1v) is 11.6. The Hall–Kier alpha value is -3.56. The molecule has 0 saturated carbocycles. The Kier molecular flexibility index (Phi) is 6.26. The van der Waals surface area contributed by atoms with E-state index in [1.807, 2.05) is 0 Å². The standard InChI is InChI=1S/C23H19ClN2O6S/c1-15-18(25-22(32-15)20-11-7-13-31-20)14-26(19-10-5-4-9-17(19)24)33(28,29)21-12-6-3-8-16(21)23(27)30-2/h3-13H,14H2,1-2H3. The summed E-state index contributed by atoms with van der Waals surface area (Å²) in [6, 6.07) is 15.7. The van der Waals surface area contributed by atoms with Crippen LogP contribution in [-0.2, 0) is 21.3 Å². The van der Waals surface area contributed by atoms with Crippen molar-refractivity contribution in [3.05, 3.63) is 89.0 Å². The lowest BCUT2D eigenvalue weighted by Crippen LogP contribution is -2.32. The fraction of sp³-hybridized carbons (Fsp3) is 0.130. The number of nitrogens with zero attached hydrogens (tertiary/aromatic N) is 2. The summed E-state index contributed by atoms with van der Waals surface area (Å²) in [5.41, 5.74) is 0.492. The summed E-state index contributed by atoms with van der Waals surface area (Å²) in [6.07, 6.45) is 1.48. The van der Waals surface area contributed by atoms with Crippen LogP contribution >= 0.6 is 11.6 Å². The molecule has 10 heteroatoms. The fourth-order valence-corrected chi connectivity index (χ4v) is 5.17. The van der Waals surface area contributed by atoms with Gasteiger partial charge in [-0.3, -0.25) is 4.31 Å². The molecule has 33 heavy (non-hydrogen) atoms. The number of hydrogen-bond acceptors (Lipinski definition) is 7. The van der Waals surface area contributed by atoms with Gasteiger partial charge >= 0.3 is 5.97 Å². The minimum atomic E-state index is -4.28. The quantitative estimate of drug-likeness (QED) is 0.335. The maximum Gasteiger partial charge on any atom is 0.339 e. The van der Waals surface area contributed by atoms with Crippen molar-refractivity contribution in [1.29, 1.82) is 0 Å². The zero-order valence-electron chi connectivity index (χ0n) is 17.7. The molecule has 0 N–H and O–H groups in total. The Morgan fingerprint density at radius 3 is 2.52 bits per heavy atom. The average molecular weight is 487 g/mol. The van der Waals surface area contributed by atoms with E-state index in [9.17, 15) is 13.2 Å². The molecule has 0 saturated heterocycles. The largest absolute Gasteiger partial charge is 0.465 e. The van der Waals surface area contributed by atoms with Gasteiger partial charge in [-0.1, -0.05) is 35.9 Å². The van der Waals surface area contributed by atoms with Crippen LogP contribution in [-0.4, -0.2) is 26.5 Å². The highest BCUT2D eigenvalue weighted by Crippen LogP contribution is 2.34. The van der Waals surface area contributed by atoms with Gasteiger partial charge in [-0.25, -0.2) is 18.2 Å². The summed E-state index contributed by atoms with van der Waals surface area (Å²) < 4.78 is 44.6. The van der Waals surface area contributed by atoms with E-state index in [0.717, 1.165) is 4.31 Å². The summed E-state index contributed by atoms with van der Waals surface area (Å²) in [7, 11) is -3.09. The molecule has 0 aliphatic heterocycles. The number of halogens is 1. The molecular weight excluding hydrogens is 468 g/mol. The number of ether oxygens (including phenoxy) is 1. The maximum absolute atomic E-state index is 13.9. The molecule has 2 aromatic heterocycles. The van der Waals surface area contributed by atoms with Crippen LogP contribution in [0, 0.1) is 6.92 Å². The molecule has 0 bridgehead atoms. The Morgan fingerprint density at radius 1 is 1.09 bits per heavy atom. The summed E-state index contributed by atoms with van der Waals surface area (Å²) in [5, 5.41) is 0.212. The molecule has 170 valence electrons. The molecule has 4 aromatic rings. The van der Waals surface area contributed by atoms with Crippen LogP contribution < -0.4 is 4.31 Å². The summed E-state index contributed by atoms with van der Waals surface area (Å²) >= 11 is 6.38. The molecule has 4 rings (SSSR count). The lowest BCUT2D eigenvalue weighted by Gasteiger charge is -2.25. The Morgan fingerprint density at radius 2 is 1.82 bits per heavy atom. The number of rotatable bonds is 7. The molecule has 0 fully saturated rings. The number of oxazole rings is 1. The van der Waals surface area contributed by atoms with Crippen LogP contribution in [0.5, 0.6) is 0 Å². The van der Waals surface area contributed by atoms with Crippen molar-refractivity contribution < 1.29 is 26.8 Å². The van der Waals surface area contributed by atoms with Crippen molar-refractivity contribution in [3.8, 4) is 11.7 Å². The molecule has 0 atom stereocenters.